The lowest BCUT2D eigenvalue weighted by Crippen LogP contribution is -2.32. The van der Waals surface area contributed by atoms with E-state index in [2.05, 4.69) is 24.0 Å². The second kappa shape index (κ2) is 10.9. The van der Waals surface area contributed by atoms with Gasteiger partial charge in [0.15, 0.2) is 0 Å². The first-order valence-electron chi connectivity index (χ1n) is 9.77. The SMILES string of the molecule is C=C/C(=C(/CC(=NC)NO)N(C)N)[C@@H](C)C1C(CC=O)C1OCc1ccccc1. The first kappa shape index (κ1) is 22.8. The van der Waals surface area contributed by atoms with E-state index >= 15 is 0 Å². The number of ether oxygens (including phenoxy) is 1. The molecule has 4 atom stereocenters. The fourth-order valence-electron chi connectivity index (χ4n) is 3.96. The molecule has 158 valence electrons. The van der Waals surface area contributed by atoms with Crippen molar-refractivity contribution in [1.82, 2.24) is 10.5 Å². The standard InChI is InChI=1S/C22H32N4O3/c1-5-17(19(26(4)23)13-20(24-3)25-28)15(2)21-18(11-12-27)22(21)29-14-16-9-7-6-8-10-16/h5-10,12,15,18,21-22,28H,1,11,13-14,23H2,2-4H3,(H,24,25)/b19-17+/t15-,18?,21?,22?/m1/s1. The molecule has 0 aromatic heterocycles. The third kappa shape index (κ3) is 5.76. The molecular formula is C22H32N4O3. The zero-order valence-corrected chi connectivity index (χ0v) is 17.4. The number of hydrogen-bond acceptors (Lipinski definition) is 6. The van der Waals surface area contributed by atoms with Crippen LogP contribution in [0.3, 0.4) is 0 Å². The van der Waals surface area contributed by atoms with Gasteiger partial charge in [-0.1, -0.05) is 49.9 Å². The van der Waals surface area contributed by atoms with Gasteiger partial charge >= 0.3 is 0 Å². The third-order valence-corrected chi connectivity index (χ3v) is 5.59. The molecule has 1 fully saturated rings. The van der Waals surface area contributed by atoms with Gasteiger partial charge in [0.1, 0.15) is 12.1 Å². The van der Waals surface area contributed by atoms with E-state index in [4.69, 9.17) is 10.6 Å². The number of carbonyl (C=O) groups excluding carboxylic acids is 1. The lowest BCUT2D eigenvalue weighted by Gasteiger charge is -2.24. The molecule has 0 bridgehead atoms. The number of allylic oxidation sites excluding steroid dienone is 2. The molecule has 7 nitrogen and oxygen atoms in total. The smallest absolute Gasteiger partial charge is 0.126 e. The van der Waals surface area contributed by atoms with E-state index in [0.29, 0.717) is 25.3 Å². The van der Waals surface area contributed by atoms with Crippen molar-refractivity contribution in [1.29, 1.82) is 0 Å². The summed E-state index contributed by atoms with van der Waals surface area (Å²) in [5.74, 6) is 6.91. The first-order valence-corrected chi connectivity index (χ1v) is 9.77. The number of hydrogen-bond donors (Lipinski definition) is 3. The Morgan fingerprint density at radius 3 is 2.66 bits per heavy atom. The van der Waals surface area contributed by atoms with Crippen molar-refractivity contribution in [3.63, 3.8) is 0 Å². The van der Waals surface area contributed by atoms with Gasteiger partial charge in [0.05, 0.1) is 12.7 Å². The van der Waals surface area contributed by atoms with Crippen LogP contribution >= 0.6 is 0 Å². The second-order valence-corrected chi connectivity index (χ2v) is 7.37. The summed E-state index contributed by atoms with van der Waals surface area (Å²) in [4.78, 5) is 15.2. The summed E-state index contributed by atoms with van der Waals surface area (Å²) in [5, 5.41) is 10.8. The molecule has 1 saturated carbocycles. The van der Waals surface area contributed by atoms with E-state index in [1.54, 1.807) is 20.2 Å². The maximum Gasteiger partial charge on any atom is 0.126 e. The zero-order chi connectivity index (χ0) is 21.4. The molecule has 0 radical (unpaired) electrons. The molecule has 1 aromatic rings. The minimum absolute atomic E-state index is 0.00460. The minimum atomic E-state index is 0.00460. The number of hydroxylamine groups is 1. The average Bonchev–Trinajstić information content (AvgIpc) is 3.42. The highest BCUT2D eigenvalue weighted by Crippen LogP contribution is 2.51. The highest BCUT2D eigenvalue weighted by molar-refractivity contribution is 5.83. The highest BCUT2D eigenvalue weighted by atomic mass is 16.5. The van der Waals surface area contributed by atoms with Crippen LogP contribution in [0.5, 0.6) is 0 Å². The van der Waals surface area contributed by atoms with Crippen LogP contribution in [0.15, 0.2) is 59.2 Å². The van der Waals surface area contributed by atoms with Crippen LogP contribution in [0, 0.1) is 17.8 Å². The van der Waals surface area contributed by atoms with Gasteiger partial charge in [0, 0.05) is 32.6 Å². The van der Waals surface area contributed by atoms with E-state index in [0.717, 1.165) is 23.1 Å². The Morgan fingerprint density at radius 1 is 1.45 bits per heavy atom. The summed E-state index contributed by atoms with van der Waals surface area (Å²) in [6.07, 6.45) is 3.56. The van der Waals surface area contributed by atoms with Crippen molar-refractivity contribution in [3.8, 4) is 0 Å². The molecule has 1 aromatic carbocycles. The van der Waals surface area contributed by atoms with Crippen molar-refractivity contribution in [2.45, 2.75) is 32.5 Å². The lowest BCUT2D eigenvalue weighted by atomic mass is 9.91. The van der Waals surface area contributed by atoms with Gasteiger partial charge < -0.3 is 14.5 Å². The van der Waals surface area contributed by atoms with E-state index < -0.39 is 0 Å². The molecule has 4 N–H and O–H groups in total. The maximum absolute atomic E-state index is 11.2. The number of hydrazine groups is 1. The number of nitrogens with two attached hydrogens (primary N) is 1. The molecule has 0 heterocycles. The Hall–Kier alpha value is -2.48. The van der Waals surface area contributed by atoms with Gasteiger partial charge in [-0.25, -0.2) is 5.84 Å². The number of amidine groups is 1. The van der Waals surface area contributed by atoms with E-state index in [9.17, 15) is 10.0 Å². The fourth-order valence-corrected chi connectivity index (χ4v) is 3.96. The Balaban J connectivity index is 2.21. The quantitative estimate of drug-likeness (QED) is 0.132. The van der Waals surface area contributed by atoms with Crippen LogP contribution in [0.25, 0.3) is 0 Å². The molecular weight excluding hydrogens is 368 g/mol. The van der Waals surface area contributed by atoms with Crippen molar-refractivity contribution in [3.05, 3.63) is 59.8 Å². The number of nitrogens with zero attached hydrogens (tertiary/aromatic N) is 2. The van der Waals surface area contributed by atoms with Crippen LogP contribution in [0.2, 0.25) is 0 Å². The molecule has 0 aliphatic heterocycles. The van der Waals surface area contributed by atoms with Gasteiger partial charge in [-0.2, -0.15) is 0 Å². The van der Waals surface area contributed by atoms with Crippen molar-refractivity contribution < 1.29 is 14.7 Å². The van der Waals surface area contributed by atoms with Gasteiger partial charge in [0.25, 0.3) is 0 Å². The third-order valence-electron chi connectivity index (χ3n) is 5.59. The van der Waals surface area contributed by atoms with Crippen LogP contribution in [-0.4, -0.2) is 42.5 Å². The summed E-state index contributed by atoms with van der Waals surface area (Å²) in [5.41, 5.74) is 4.97. The number of aldehydes is 1. The molecule has 29 heavy (non-hydrogen) atoms. The summed E-state index contributed by atoms with van der Waals surface area (Å²) < 4.78 is 6.16. The maximum atomic E-state index is 11.2. The monoisotopic (exact) mass is 400 g/mol. The number of rotatable bonds is 11. The molecule has 0 amide bonds. The molecule has 7 heteroatoms. The van der Waals surface area contributed by atoms with Crippen molar-refractivity contribution in [2.24, 2.45) is 28.6 Å². The Bertz CT molecular complexity index is 746. The minimum Gasteiger partial charge on any atom is -0.373 e. The van der Waals surface area contributed by atoms with E-state index in [-0.39, 0.29) is 23.9 Å². The summed E-state index contributed by atoms with van der Waals surface area (Å²) >= 11 is 0. The Morgan fingerprint density at radius 2 is 2.14 bits per heavy atom. The van der Waals surface area contributed by atoms with Gasteiger partial charge in [-0.05, 0) is 28.9 Å². The van der Waals surface area contributed by atoms with Gasteiger partial charge in [0.2, 0.25) is 0 Å². The summed E-state index contributed by atoms with van der Waals surface area (Å²) in [6, 6.07) is 10.00. The molecule has 3 unspecified atom stereocenters. The molecule has 0 spiro atoms. The Labute approximate surface area is 172 Å². The Kier molecular flexibility index (Phi) is 8.57. The molecule has 1 aliphatic carbocycles. The number of aliphatic imine (C=N–C) groups is 1. The largest absolute Gasteiger partial charge is 0.373 e. The number of nitrogens with one attached hydrogen (secondary N) is 1. The molecule has 1 aliphatic rings. The van der Waals surface area contributed by atoms with Crippen LogP contribution < -0.4 is 11.3 Å². The second-order valence-electron chi connectivity index (χ2n) is 7.37. The predicted molar refractivity (Wildman–Crippen MR) is 114 cm³/mol. The number of carbonyl (C=O) groups is 1. The first-order chi connectivity index (χ1) is 14.0. The van der Waals surface area contributed by atoms with Crippen LogP contribution in [0.1, 0.15) is 25.3 Å². The predicted octanol–water partition coefficient (Wildman–Crippen LogP) is 2.69. The van der Waals surface area contributed by atoms with Gasteiger partial charge in [-0.3, -0.25) is 15.7 Å². The zero-order valence-electron chi connectivity index (χ0n) is 17.4. The van der Waals surface area contributed by atoms with Crippen molar-refractivity contribution in [2.75, 3.05) is 14.1 Å². The summed E-state index contributed by atoms with van der Waals surface area (Å²) in [7, 11) is 3.34. The topological polar surface area (TPSA) is 100 Å². The van der Waals surface area contributed by atoms with E-state index in [1.807, 2.05) is 30.3 Å². The van der Waals surface area contributed by atoms with Crippen LogP contribution in [0.4, 0.5) is 0 Å². The molecule has 2 rings (SSSR count). The molecule has 0 saturated heterocycles. The highest BCUT2D eigenvalue weighted by Gasteiger charge is 2.54. The average molecular weight is 401 g/mol. The van der Waals surface area contributed by atoms with E-state index in [1.165, 1.54) is 5.01 Å². The summed E-state index contributed by atoms with van der Waals surface area (Å²) in [6.45, 7) is 6.59. The van der Waals surface area contributed by atoms with Gasteiger partial charge in [-0.15, -0.1) is 0 Å². The van der Waals surface area contributed by atoms with Crippen LogP contribution in [-0.2, 0) is 16.1 Å². The fraction of sp³-hybridized carbons (Fsp3) is 0.455. The van der Waals surface area contributed by atoms with Crippen molar-refractivity contribution >= 4 is 12.1 Å². The lowest BCUT2D eigenvalue weighted by molar-refractivity contribution is -0.108. The normalized spacial score (nSPS) is 23.1. The number of benzene rings is 1.